The second kappa shape index (κ2) is 7.68. The van der Waals surface area contributed by atoms with Crippen molar-refractivity contribution in [1.82, 2.24) is 5.32 Å². The number of halogens is 1. The van der Waals surface area contributed by atoms with Crippen LogP contribution in [0.2, 0.25) is 5.02 Å². The number of hydrogen-bond donors (Lipinski definition) is 2. The van der Waals surface area contributed by atoms with Gasteiger partial charge in [0.05, 0.1) is 6.54 Å². The van der Waals surface area contributed by atoms with E-state index in [0.717, 1.165) is 23.7 Å². The molecule has 0 aliphatic rings. The van der Waals surface area contributed by atoms with Gasteiger partial charge in [0, 0.05) is 10.7 Å². The smallest absolute Gasteiger partial charge is 0.238 e. The van der Waals surface area contributed by atoms with E-state index in [-0.39, 0.29) is 5.91 Å². The lowest BCUT2D eigenvalue weighted by Crippen LogP contribution is -2.29. The Morgan fingerprint density at radius 3 is 2.40 bits per heavy atom. The number of carbonyl (C=O) groups excluding carboxylic acids is 1. The number of hydrogen-bond acceptors (Lipinski definition) is 2. The molecule has 0 spiro atoms. The molecule has 0 saturated heterocycles. The zero-order valence-corrected chi connectivity index (χ0v) is 11.9. The number of para-hydroxylation sites is 1. The van der Waals surface area contributed by atoms with Crippen molar-refractivity contribution in [3.05, 3.63) is 65.2 Å². The zero-order chi connectivity index (χ0) is 14.2. The summed E-state index contributed by atoms with van der Waals surface area (Å²) in [5.74, 6) is -0.0349. The van der Waals surface area contributed by atoms with E-state index in [1.165, 1.54) is 5.56 Å². The van der Waals surface area contributed by atoms with Gasteiger partial charge in [-0.1, -0.05) is 41.9 Å². The molecule has 0 unspecified atom stereocenters. The number of amides is 1. The highest BCUT2D eigenvalue weighted by Gasteiger charge is 2.01. The van der Waals surface area contributed by atoms with Crippen LogP contribution >= 0.6 is 11.6 Å². The van der Waals surface area contributed by atoms with Gasteiger partial charge in [0.15, 0.2) is 0 Å². The fourth-order valence-electron chi connectivity index (χ4n) is 1.81. The molecule has 0 atom stereocenters. The SMILES string of the molecule is O=C(CNCCc1ccc(Cl)cc1)Nc1ccccc1. The van der Waals surface area contributed by atoms with Gasteiger partial charge in [-0.05, 0) is 42.8 Å². The van der Waals surface area contributed by atoms with E-state index >= 15 is 0 Å². The van der Waals surface area contributed by atoms with Crippen LogP contribution in [0.3, 0.4) is 0 Å². The van der Waals surface area contributed by atoms with Crippen LogP contribution in [0.1, 0.15) is 5.56 Å². The largest absolute Gasteiger partial charge is 0.325 e. The molecule has 4 heteroatoms. The summed E-state index contributed by atoms with van der Waals surface area (Å²) in [5, 5.41) is 6.69. The highest BCUT2D eigenvalue weighted by Crippen LogP contribution is 2.09. The van der Waals surface area contributed by atoms with Crippen LogP contribution < -0.4 is 10.6 Å². The highest BCUT2D eigenvalue weighted by atomic mass is 35.5. The van der Waals surface area contributed by atoms with Gasteiger partial charge < -0.3 is 10.6 Å². The quantitative estimate of drug-likeness (QED) is 0.802. The fourth-order valence-corrected chi connectivity index (χ4v) is 1.94. The average molecular weight is 289 g/mol. The minimum atomic E-state index is -0.0349. The Morgan fingerprint density at radius 1 is 1.00 bits per heavy atom. The third-order valence-electron chi connectivity index (χ3n) is 2.85. The van der Waals surface area contributed by atoms with Crippen molar-refractivity contribution in [3.63, 3.8) is 0 Å². The van der Waals surface area contributed by atoms with E-state index in [1.807, 2.05) is 54.6 Å². The van der Waals surface area contributed by atoms with Crippen molar-refractivity contribution in [2.75, 3.05) is 18.4 Å². The Balaban J connectivity index is 1.66. The van der Waals surface area contributed by atoms with Gasteiger partial charge in [-0.2, -0.15) is 0 Å². The number of carbonyl (C=O) groups is 1. The van der Waals surface area contributed by atoms with Crippen molar-refractivity contribution in [2.24, 2.45) is 0 Å². The maximum absolute atomic E-state index is 11.7. The Kier molecular flexibility index (Phi) is 5.59. The number of anilines is 1. The van der Waals surface area contributed by atoms with Gasteiger partial charge in [0.25, 0.3) is 0 Å². The highest BCUT2D eigenvalue weighted by molar-refractivity contribution is 6.30. The van der Waals surface area contributed by atoms with Gasteiger partial charge in [-0.3, -0.25) is 4.79 Å². The maximum Gasteiger partial charge on any atom is 0.238 e. The molecule has 0 saturated carbocycles. The lowest BCUT2D eigenvalue weighted by molar-refractivity contribution is -0.115. The average Bonchev–Trinajstić information content (AvgIpc) is 2.46. The van der Waals surface area contributed by atoms with Crippen molar-refractivity contribution < 1.29 is 4.79 Å². The number of benzene rings is 2. The molecular formula is C16H17ClN2O. The van der Waals surface area contributed by atoms with Crippen LogP contribution in [0.4, 0.5) is 5.69 Å². The van der Waals surface area contributed by atoms with E-state index in [4.69, 9.17) is 11.6 Å². The van der Waals surface area contributed by atoms with Crippen LogP contribution in [0.15, 0.2) is 54.6 Å². The summed E-state index contributed by atoms with van der Waals surface area (Å²) in [5.41, 5.74) is 2.02. The van der Waals surface area contributed by atoms with Gasteiger partial charge in [-0.15, -0.1) is 0 Å². The summed E-state index contributed by atoms with van der Waals surface area (Å²) in [6, 6.07) is 17.2. The van der Waals surface area contributed by atoms with Crippen LogP contribution in [-0.2, 0) is 11.2 Å². The first-order valence-electron chi connectivity index (χ1n) is 6.54. The molecule has 2 aromatic rings. The normalized spacial score (nSPS) is 10.2. The molecule has 0 bridgehead atoms. The standard InChI is InChI=1S/C16H17ClN2O/c17-14-8-6-13(7-9-14)10-11-18-12-16(20)19-15-4-2-1-3-5-15/h1-9,18H,10-12H2,(H,19,20). The van der Waals surface area contributed by atoms with Crippen molar-refractivity contribution in [2.45, 2.75) is 6.42 Å². The van der Waals surface area contributed by atoms with Crippen LogP contribution in [-0.4, -0.2) is 19.0 Å². The van der Waals surface area contributed by atoms with Gasteiger partial charge in [0.2, 0.25) is 5.91 Å². The third kappa shape index (κ3) is 5.03. The Labute approximate surface area is 124 Å². The van der Waals surface area contributed by atoms with E-state index in [0.29, 0.717) is 6.54 Å². The summed E-state index contributed by atoms with van der Waals surface area (Å²) in [6.45, 7) is 1.06. The van der Waals surface area contributed by atoms with Crippen LogP contribution in [0.5, 0.6) is 0 Å². The first-order valence-corrected chi connectivity index (χ1v) is 6.92. The van der Waals surface area contributed by atoms with Crippen LogP contribution in [0, 0.1) is 0 Å². The van der Waals surface area contributed by atoms with Crippen molar-refractivity contribution in [1.29, 1.82) is 0 Å². The monoisotopic (exact) mass is 288 g/mol. The topological polar surface area (TPSA) is 41.1 Å². The molecule has 2 N–H and O–H groups in total. The molecule has 0 fully saturated rings. The lowest BCUT2D eigenvalue weighted by Gasteiger charge is -2.06. The first kappa shape index (κ1) is 14.6. The maximum atomic E-state index is 11.7. The Hall–Kier alpha value is -1.84. The molecule has 3 nitrogen and oxygen atoms in total. The van der Waals surface area contributed by atoms with Gasteiger partial charge >= 0.3 is 0 Å². The Morgan fingerprint density at radius 2 is 1.70 bits per heavy atom. The third-order valence-corrected chi connectivity index (χ3v) is 3.10. The van der Waals surface area contributed by atoms with Crippen molar-refractivity contribution in [3.8, 4) is 0 Å². The molecule has 1 amide bonds. The minimum absolute atomic E-state index is 0.0349. The van der Waals surface area contributed by atoms with E-state index < -0.39 is 0 Å². The van der Waals surface area contributed by atoms with Gasteiger partial charge in [0.1, 0.15) is 0 Å². The molecule has 2 rings (SSSR count). The first-order chi connectivity index (χ1) is 9.74. The van der Waals surface area contributed by atoms with Crippen molar-refractivity contribution >= 4 is 23.2 Å². The second-order valence-corrected chi connectivity index (χ2v) is 4.90. The van der Waals surface area contributed by atoms with E-state index in [9.17, 15) is 4.79 Å². The summed E-state index contributed by atoms with van der Waals surface area (Å²) in [7, 11) is 0. The molecule has 104 valence electrons. The lowest BCUT2D eigenvalue weighted by atomic mass is 10.1. The molecule has 0 heterocycles. The number of rotatable bonds is 6. The molecule has 0 aliphatic heterocycles. The molecular weight excluding hydrogens is 272 g/mol. The van der Waals surface area contributed by atoms with E-state index in [1.54, 1.807) is 0 Å². The second-order valence-electron chi connectivity index (χ2n) is 4.47. The summed E-state index contributed by atoms with van der Waals surface area (Å²) in [4.78, 5) is 11.7. The Bertz CT molecular complexity index is 540. The predicted octanol–water partition coefficient (Wildman–Crippen LogP) is 3.11. The molecule has 20 heavy (non-hydrogen) atoms. The molecule has 0 radical (unpaired) electrons. The molecule has 0 aliphatic carbocycles. The number of nitrogens with one attached hydrogen (secondary N) is 2. The molecule has 0 aromatic heterocycles. The predicted molar refractivity (Wildman–Crippen MR) is 83.1 cm³/mol. The zero-order valence-electron chi connectivity index (χ0n) is 11.1. The summed E-state index contributed by atoms with van der Waals surface area (Å²) in [6.07, 6.45) is 0.871. The van der Waals surface area contributed by atoms with Crippen LogP contribution in [0.25, 0.3) is 0 Å². The van der Waals surface area contributed by atoms with Gasteiger partial charge in [-0.25, -0.2) is 0 Å². The van der Waals surface area contributed by atoms with E-state index in [2.05, 4.69) is 10.6 Å². The molecule has 2 aromatic carbocycles. The summed E-state index contributed by atoms with van der Waals surface area (Å²) < 4.78 is 0. The minimum Gasteiger partial charge on any atom is -0.325 e. The summed E-state index contributed by atoms with van der Waals surface area (Å²) >= 11 is 5.82. The fraction of sp³-hybridized carbons (Fsp3) is 0.188.